The second kappa shape index (κ2) is 6.20. The highest BCUT2D eigenvalue weighted by Crippen LogP contribution is 2.43. The molecule has 3 aromatic rings. The summed E-state index contributed by atoms with van der Waals surface area (Å²) >= 11 is 0. The minimum atomic E-state index is -0.515. The molecule has 0 radical (unpaired) electrons. The predicted octanol–water partition coefficient (Wildman–Crippen LogP) is 3.66. The van der Waals surface area contributed by atoms with Crippen molar-refractivity contribution in [3.8, 4) is 0 Å². The lowest BCUT2D eigenvalue weighted by Crippen LogP contribution is -2.18. The molecule has 0 amide bonds. The van der Waals surface area contributed by atoms with Crippen molar-refractivity contribution in [3.05, 3.63) is 59.0 Å². The van der Waals surface area contributed by atoms with Crippen LogP contribution in [0.2, 0.25) is 0 Å². The molecule has 1 aliphatic carbocycles. The van der Waals surface area contributed by atoms with Crippen LogP contribution in [0.5, 0.6) is 0 Å². The van der Waals surface area contributed by atoms with Crippen molar-refractivity contribution < 1.29 is 9.53 Å². The molecule has 0 unspecified atom stereocenters. The molecule has 0 aliphatic heterocycles. The summed E-state index contributed by atoms with van der Waals surface area (Å²) in [7, 11) is 0. The third-order valence-electron chi connectivity index (χ3n) is 4.59. The Hall–Kier alpha value is -2.76. The van der Waals surface area contributed by atoms with Crippen molar-refractivity contribution in [1.29, 1.82) is 0 Å². The summed E-state index contributed by atoms with van der Waals surface area (Å²) in [5.41, 5.74) is 3.68. The van der Waals surface area contributed by atoms with Gasteiger partial charge in [-0.2, -0.15) is 9.61 Å². The average Bonchev–Trinajstić information content (AvgIpc) is 3.38. The van der Waals surface area contributed by atoms with E-state index in [2.05, 4.69) is 31.0 Å². The van der Waals surface area contributed by atoms with E-state index in [4.69, 9.17) is 9.84 Å². The maximum absolute atomic E-state index is 12.5. The Kier molecular flexibility index (Phi) is 3.98. The van der Waals surface area contributed by atoms with Crippen LogP contribution in [-0.2, 0) is 16.8 Å². The number of ether oxygens (including phenoxy) is 1. The standard InChI is InChI=1S/C20H22N4O2/c1-20(2,3)15-11-16-21-22-18(24(16)23-17(15)14-9-10-14)19(25)26-12-13-7-5-4-6-8-13/h4-8,11,14H,9-10,12H2,1-3H3. The van der Waals surface area contributed by atoms with Gasteiger partial charge in [-0.3, -0.25) is 0 Å². The topological polar surface area (TPSA) is 69.4 Å². The van der Waals surface area contributed by atoms with Gasteiger partial charge >= 0.3 is 5.97 Å². The third-order valence-corrected chi connectivity index (χ3v) is 4.59. The average molecular weight is 350 g/mol. The van der Waals surface area contributed by atoms with Crippen LogP contribution in [0.15, 0.2) is 36.4 Å². The van der Waals surface area contributed by atoms with Gasteiger partial charge in [0.15, 0.2) is 5.65 Å². The largest absolute Gasteiger partial charge is 0.455 e. The van der Waals surface area contributed by atoms with Crippen molar-refractivity contribution in [2.24, 2.45) is 0 Å². The highest BCUT2D eigenvalue weighted by molar-refractivity contribution is 5.86. The summed E-state index contributed by atoms with van der Waals surface area (Å²) in [6.07, 6.45) is 2.27. The molecular formula is C20H22N4O2. The van der Waals surface area contributed by atoms with E-state index >= 15 is 0 Å². The summed E-state index contributed by atoms with van der Waals surface area (Å²) in [6.45, 7) is 6.69. The molecule has 1 fully saturated rings. The second-order valence-electron chi connectivity index (χ2n) is 7.82. The van der Waals surface area contributed by atoms with Gasteiger partial charge < -0.3 is 4.74 Å². The highest BCUT2D eigenvalue weighted by atomic mass is 16.5. The number of hydrogen-bond donors (Lipinski definition) is 0. The molecule has 4 rings (SSSR count). The number of nitrogens with zero attached hydrogens (tertiary/aromatic N) is 4. The maximum Gasteiger partial charge on any atom is 0.378 e. The molecule has 0 N–H and O–H groups in total. The third kappa shape index (κ3) is 3.19. The quantitative estimate of drug-likeness (QED) is 0.672. The summed E-state index contributed by atoms with van der Waals surface area (Å²) < 4.78 is 6.92. The number of esters is 1. The van der Waals surface area contributed by atoms with E-state index < -0.39 is 5.97 Å². The summed E-state index contributed by atoms with van der Waals surface area (Å²) in [5, 5.41) is 12.9. The van der Waals surface area contributed by atoms with Gasteiger partial charge in [-0.1, -0.05) is 51.1 Å². The minimum Gasteiger partial charge on any atom is -0.455 e. The fraction of sp³-hybridized carbons (Fsp3) is 0.400. The van der Waals surface area contributed by atoms with Crippen molar-refractivity contribution in [3.63, 3.8) is 0 Å². The number of carbonyl (C=O) groups excluding carboxylic acids is 1. The molecule has 6 nitrogen and oxygen atoms in total. The first kappa shape index (κ1) is 16.7. The first-order chi connectivity index (χ1) is 12.4. The number of aromatic nitrogens is 4. The predicted molar refractivity (Wildman–Crippen MR) is 97.0 cm³/mol. The van der Waals surface area contributed by atoms with Crippen molar-refractivity contribution in [2.75, 3.05) is 0 Å². The van der Waals surface area contributed by atoms with Crippen molar-refractivity contribution in [2.45, 2.75) is 51.6 Å². The van der Waals surface area contributed by atoms with Gasteiger partial charge in [0.2, 0.25) is 0 Å². The lowest BCUT2D eigenvalue weighted by atomic mass is 9.85. The zero-order chi connectivity index (χ0) is 18.3. The molecule has 0 atom stereocenters. The normalized spacial score (nSPS) is 14.6. The lowest BCUT2D eigenvalue weighted by molar-refractivity contribution is 0.0455. The SMILES string of the molecule is CC(C)(C)c1cc2nnc(C(=O)OCc3ccccc3)n2nc1C1CC1. The fourth-order valence-electron chi connectivity index (χ4n) is 3.02. The molecule has 0 saturated heterocycles. The van der Waals surface area contributed by atoms with Crippen LogP contribution in [0, 0.1) is 0 Å². The van der Waals surface area contributed by atoms with Crippen LogP contribution in [0.25, 0.3) is 5.65 Å². The van der Waals surface area contributed by atoms with E-state index in [-0.39, 0.29) is 17.8 Å². The van der Waals surface area contributed by atoms with Crippen molar-refractivity contribution >= 4 is 11.6 Å². The number of carbonyl (C=O) groups is 1. The zero-order valence-corrected chi connectivity index (χ0v) is 15.3. The highest BCUT2D eigenvalue weighted by Gasteiger charge is 2.33. The summed E-state index contributed by atoms with van der Waals surface area (Å²) in [4.78, 5) is 12.5. The Morgan fingerprint density at radius 2 is 1.92 bits per heavy atom. The van der Waals surface area contributed by atoms with E-state index in [0.29, 0.717) is 11.6 Å². The molecule has 0 spiro atoms. The summed E-state index contributed by atoms with van der Waals surface area (Å²) in [5.74, 6) is 0.0709. The number of rotatable bonds is 4. The fourth-order valence-corrected chi connectivity index (χ4v) is 3.02. The van der Waals surface area contributed by atoms with E-state index in [1.807, 2.05) is 36.4 Å². The maximum atomic E-state index is 12.5. The minimum absolute atomic E-state index is 0.0351. The summed E-state index contributed by atoms with van der Waals surface area (Å²) in [6, 6.07) is 11.6. The Morgan fingerprint density at radius 1 is 1.19 bits per heavy atom. The van der Waals surface area contributed by atoms with E-state index in [0.717, 1.165) is 24.1 Å². The Balaban J connectivity index is 1.66. The number of hydrogen-bond acceptors (Lipinski definition) is 5. The van der Waals surface area contributed by atoms with Crippen LogP contribution < -0.4 is 0 Å². The molecule has 6 heteroatoms. The van der Waals surface area contributed by atoms with Crippen LogP contribution >= 0.6 is 0 Å². The van der Waals surface area contributed by atoms with Crippen LogP contribution in [0.4, 0.5) is 0 Å². The smallest absolute Gasteiger partial charge is 0.378 e. The Labute approximate surface area is 152 Å². The Morgan fingerprint density at radius 3 is 2.58 bits per heavy atom. The molecule has 2 aromatic heterocycles. The monoisotopic (exact) mass is 350 g/mol. The second-order valence-corrected chi connectivity index (χ2v) is 7.82. The first-order valence-corrected chi connectivity index (χ1v) is 8.91. The van der Waals surface area contributed by atoms with Crippen LogP contribution in [0.3, 0.4) is 0 Å². The molecular weight excluding hydrogens is 328 g/mol. The molecule has 0 bridgehead atoms. The van der Waals surface area contributed by atoms with Gasteiger partial charge in [0.25, 0.3) is 5.82 Å². The Bertz CT molecular complexity index is 953. The van der Waals surface area contributed by atoms with Gasteiger partial charge in [-0.05, 0) is 35.4 Å². The number of benzene rings is 1. The molecule has 26 heavy (non-hydrogen) atoms. The number of fused-ring (bicyclic) bond motifs is 1. The molecule has 1 aliphatic rings. The van der Waals surface area contributed by atoms with Gasteiger partial charge in [-0.15, -0.1) is 10.2 Å². The molecule has 1 aromatic carbocycles. The van der Waals surface area contributed by atoms with Gasteiger partial charge in [0.05, 0.1) is 5.69 Å². The van der Waals surface area contributed by atoms with E-state index in [9.17, 15) is 4.79 Å². The zero-order valence-electron chi connectivity index (χ0n) is 15.3. The van der Waals surface area contributed by atoms with Gasteiger partial charge in [0, 0.05) is 5.92 Å². The van der Waals surface area contributed by atoms with Crippen molar-refractivity contribution in [1.82, 2.24) is 19.8 Å². The molecule has 1 saturated carbocycles. The first-order valence-electron chi connectivity index (χ1n) is 8.91. The lowest BCUT2D eigenvalue weighted by Gasteiger charge is -2.22. The van der Waals surface area contributed by atoms with Crippen LogP contribution in [0.1, 0.15) is 67.0 Å². The van der Waals surface area contributed by atoms with Gasteiger partial charge in [-0.25, -0.2) is 4.79 Å². The van der Waals surface area contributed by atoms with E-state index in [1.54, 1.807) is 0 Å². The molecule has 2 heterocycles. The molecule has 134 valence electrons. The van der Waals surface area contributed by atoms with Crippen LogP contribution in [-0.4, -0.2) is 25.8 Å². The van der Waals surface area contributed by atoms with E-state index in [1.165, 1.54) is 10.1 Å². The van der Waals surface area contributed by atoms with Gasteiger partial charge in [0.1, 0.15) is 6.61 Å².